The molecule has 0 radical (unpaired) electrons. The number of hydrogen-bond donors (Lipinski definition) is 0. The van der Waals surface area contributed by atoms with Gasteiger partial charge in [-0.2, -0.15) is 0 Å². The maximum atomic E-state index is 13.4. The summed E-state index contributed by atoms with van der Waals surface area (Å²) in [5.74, 6) is -0.654. The Labute approximate surface area is 91.9 Å². The third kappa shape index (κ3) is 2.37. The van der Waals surface area contributed by atoms with Crippen LogP contribution in [-0.2, 0) is 0 Å². The zero-order chi connectivity index (χ0) is 10.8. The lowest BCUT2D eigenvalue weighted by Crippen LogP contribution is -2.29. The number of nitrogens with zero attached hydrogens (tertiary/aromatic N) is 2. The van der Waals surface area contributed by atoms with E-state index in [0.717, 1.165) is 25.1 Å². The average Bonchev–Trinajstić information content (AvgIpc) is 2.98. The number of hydrogen-bond acceptors (Lipinski definition) is 2. The predicted octanol–water partition coefficient (Wildman–Crippen LogP) is 2.57. The van der Waals surface area contributed by atoms with Crippen LogP contribution < -0.4 is 4.90 Å². The molecule has 0 bridgehead atoms. The number of rotatable bonds is 4. The summed E-state index contributed by atoms with van der Waals surface area (Å²) in [6, 6.07) is 1.17. The van der Waals surface area contributed by atoms with Crippen molar-refractivity contribution in [2.24, 2.45) is 0 Å². The molecule has 2 nitrogen and oxygen atoms in total. The largest absolute Gasteiger partial charge is 0.350 e. The maximum Gasteiger partial charge on any atom is 0.168 e. The lowest BCUT2D eigenvalue weighted by molar-refractivity contribution is 0.567. The van der Waals surface area contributed by atoms with Crippen LogP contribution in [0.5, 0.6) is 0 Å². The third-order valence-corrected chi connectivity index (χ3v) is 2.54. The highest BCUT2D eigenvalue weighted by molar-refractivity contribution is 6.18. The van der Waals surface area contributed by atoms with Gasteiger partial charge in [-0.1, -0.05) is 0 Å². The molecule has 0 unspecified atom stereocenters. The molecule has 2 rings (SSSR count). The van der Waals surface area contributed by atoms with Gasteiger partial charge < -0.3 is 4.90 Å². The topological polar surface area (TPSA) is 16.1 Å². The first-order chi connectivity index (χ1) is 7.22. The zero-order valence-electron chi connectivity index (χ0n) is 8.09. The summed E-state index contributed by atoms with van der Waals surface area (Å²) < 4.78 is 26.1. The van der Waals surface area contributed by atoms with Crippen LogP contribution in [0.4, 0.5) is 14.6 Å². The predicted molar refractivity (Wildman–Crippen MR) is 55.2 cm³/mol. The fourth-order valence-corrected chi connectivity index (χ4v) is 1.74. The first-order valence-corrected chi connectivity index (χ1v) is 5.39. The monoisotopic (exact) mass is 232 g/mol. The van der Waals surface area contributed by atoms with Crippen LogP contribution in [0.25, 0.3) is 0 Å². The second-order valence-corrected chi connectivity index (χ2v) is 3.95. The highest BCUT2D eigenvalue weighted by Gasteiger charge is 2.31. The Morgan fingerprint density at radius 1 is 1.47 bits per heavy atom. The summed E-state index contributed by atoms with van der Waals surface area (Å²) in [7, 11) is 0. The van der Waals surface area contributed by atoms with Gasteiger partial charge in [0.2, 0.25) is 0 Å². The second kappa shape index (κ2) is 4.31. The Kier molecular flexibility index (Phi) is 3.05. The van der Waals surface area contributed by atoms with E-state index in [9.17, 15) is 8.78 Å². The summed E-state index contributed by atoms with van der Waals surface area (Å²) in [6.45, 7) is 0.543. The van der Waals surface area contributed by atoms with E-state index in [-0.39, 0.29) is 5.82 Å². The summed E-state index contributed by atoms with van der Waals surface area (Å²) in [5.41, 5.74) is 0. The minimum absolute atomic E-state index is 0.208. The standard InChI is InChI=1S/C10H11ClF2N2/c11-3-4-15(8-1-2-8)10-9(13)5-7(12)6-14-10/h5-6,8H,1-4H2. The van der Waals surface area contributed by atoms with Crippen LogP contribution in [-0.4, -0.2) is 23.5 Å². The van der Waals surface area contributed by atoms with Gasteiger partial charge in [-0.05, 0) is 12.8 Å². The van der Waals surface area contributed by atoms with Crippen LogP contribution in [0, 0.1) is 11.6 Å². The van der Waals surface area contributed by atoms with E-state index in [1.807, 2.05) is 4.90 Å². The van der Waals surface area contributed by atoms with Gasteiger partial charge in [-0.15, -0.1) is 11.6 Å². The Hall–Kier alpha value is -0.900. The highest BCUT2D eigenvalue weighted by atomic mass is 35.5. The molecular formula is C10H11ClF2N2. The van der Waals surface area contributed by atoms with E-state index in [2.05, 4.69) is 4.98 Å². The summed E-state index contributed by atoms with van der Waals surface area (Å²) in [5, 5.41) is 0. The molecule has 0 aromatic carbocycles. The van der Waals surface area contributed by atoms with Crippen LogP contribution in [0.2, 0.25) is 0 Å². The molecule has 1 fully saturated rings. The van der Waals surface area contributed by atoms with Gasteiger partial charge in [0.1, 0.15) is 5.82 Å². The molecule has 0 amide bonds. The van der Waals surface area contributed by atoms with Crippen LogP contribution in [0.1, 0.15) is 12.8 Å². The van der Waals surface area contributed by atoms with Crippen LogP contribution in [0.15, 0.2) is 12.3 Å². The summed E-state index contributed by atoms with van der Waals surface area (Å²) in [6.07, 6.45) is 3.08. The second-order valence-electron chi connectivity index (χ2n) is 3.57. The Bertz CT molecular complexity index is 355. The molecule has 15 heavy (non-hydrogen) atoms. The van der Waals surface area contributed by atoms with Crippen LogP contribution >= 0.6 is 11.6 Å². The number of alkyl halides is 1. The first-order valence-electron chi connectivity index (χ1n) is 4.86. The van der Waals surface area contributed by atoms with Crippen molar-refractivity contribution >= 4 is 17.4 Å². The molecule has 1 heterocycles. The SMILES string of the molecule is Fc1cnc(N(CCCl)C2CC2)c(F)c1. The highest BCUT2D eigenvalue weighted by Crippen LogP contribution is 2.31. The Balaban J connectivity index is 2.24. The summed E-state index contributed by atoms with van der Waals surface area (Å²) >= 11 is 5.64. The number of pyridine rings is 1. The van der Waals surface area contributed by atoms with Crippen molar-refractivity contribution in [1.29, 1.82) is 0 Å². The van der Waals surface area contributed by atoms with Crippen molar-refractivity contribution in [3.8, 4) is 0 Å². The fourth-order valence-electron chi connectivity index (χ4n) is 1.56. The van der Waals surface area contributed by atoms with Gasteiger partial charge in [-0.25, -0.2) is 13.8 Å². The first kappa shape index (κ1) is 10.6. The minimum Gasteiger partial charge on any atom is -0.350 e. The Morgan fingerprint density at radius 2 is 2.20 bits per heavy atom. The quantitative estimate of drug-likeness (QED) is 0.742. The average molecular weight is 233 g/mol. The number of anilines is 1. The molecule has 0 aliphatic heterocycles. The molecule has 1 aromatic heterocycles. The fraction of sp³-hybridized carbons (Fsp3) is 0.500. The molecule has 0 spiro atoms. The van der Waals surface area contributed by atoms with Crippen molar-refractivity contribution < 1.29 is 8.78 Å². The smallest absolute Gasteiger partial charge is 0.168 e. The molecule has 1 aromatic rings. The lowest BCUT2D eigenvalue weighted by Gasteiger charge is -2.22. The van der Waals surface area contributed by atoms with Gasteiger partial charge in [0, 0.05) is 24.5 Å². The lowest BCUT2D eigenvalue weighted by atomic mass is 10.3. The van der Waals surface area contributed by atoms with Gasteiger partial charge in [0.25, 0.3) is 0 Å². The van der Waals surface area contributed by atoms with E-state index in [1.165, 1.54) is 0 Å². The Morgan fingerprint density at radius 3 is 2.73 bits per heavy atom. The van der Waals surface area contributed by atoms with E-state index in [1.54, 1.807) is 0 Å². The molecule has 1 aliphatic carbocycles. The van der Waals surface area contributed by atoms with E-state index in [4.69, 9.17) is 11.6 Å². The molecule has 82 valence electrons. The van der Waals surface area contributed by atoms with E-state index < -0.39 is 11.6 Å². The molecule has 5 heteroatoms. The molecule has 0 atom stereocenters. The van der Waals surface area contributed by atoms with Crippen LogP contribution in [0.3, 0.4) is 0 Å². The van der Waals surface area contributed by atoms with E-state index in [0.29, 0.717) is 18.5 Å². The normalized spacial score (nSPS) is 15.4. The molecule has 0 saturated heterocycles. The zero-order valence-corrected chi connectivity index (χ0v) is 8.84. The molecule has 1 aliphatic rings. The van der Waals surface area contributed by atoms with Gasteiger partial charge in [-0.3, -0.25) is 0 Å². The number of halogens is 3. The van der Waals surface area contributed by atoms with Gasteiger partial charge in [0.15, 0.2) is 11.6 Å². The van der Waals surface area contributed by atoms with Gasteiger partial charge in [0.05, 0.1) is 6.20 Å². The van der Waals surface area contributed by atoms with E-state index >= 15 is 0 Å². The van der Waals surface area contributed by atoms with Crippen molar-refractivity contribution in [3.05, 3.63) is 23.9 Å². The maximum absolute atomic E-state index is 13.4. The minimum atomic E-state index is -0.655. The molecule has 1 saturated carbocycles. The van der Waals surface area contributed by atoms with Gasteiger partial charge >= 0.3 is 0 Å². The van der Waals surface area contributed by atoms with Crippen molar-refractivity contribution in [2.75, 3.05) is 17.3 Å². The van der Waals surface area contributed by atoms with Crippen molar-refractivity contribution in [2.45, 2.75) is 18.9 Å². The molecular weight excluding hydrogens is 222 g/mol. The van der Waals surface area contributed by atoms with Crippen molar-refractivity contribution in [3.63, 3.8) is 0 Å². The number of aromatic nitrogens is 1. The van der Waals surface area contributed by atoms with Crippen molar-refractivity contribution in [1.82, 2.24) is 4.98 Å². The molecule has 0 N–H and O–H groups in total. The third-order valence-electron chi connectivity index (χ3n) is 2.37. The summed E-state index contributed by atoms with van der Waals surface area (Å²) in [4.78, 5) is 5.58.